The minimum Gasteiger partial charge on any atom is -0.489 e. The van der Waals surface area contributed by atoms with Gasteiger partial charge in [0.05, 0.1) is 16.8 Å². The van der Waals surface area contributed by atoms with E-state index in [0.29, 0.717) is 34.4 Å². The molecule has 4 rings (SSSR count). The van der Waals surface area contributed by atoms with Crippen LogP contribution in [-0.4, -0.2) is 24.7 Å². The van der Waals surface area contributed by atoms with Crippen LogP contribution in [0, 0.1) is 0 Å². The third-order valence-electron chi connectivity index (χ3n) is 5.03. The van der Waals surface area contributed by atoms with Gasteiger partial charge in [-0.1, -0.05) is 54.1 Å². The van der Waals surface area contributed by atoms with Crippen LogP contribution in [-0.2, 0) is 11.4 Å². The van der Waals surface area contributed by atoms with Crippen molar-refractivity contribution in [2.45, 2.75) is 6.61 Å². The van der Waals surface area contributed by atoms with E-state index in [-0.39, 0.29) is 12.2 Å². The van der Waals surface area contributed by atoms with E-state index in [0.717, 1.165) is 5.56 Å². The van der Waals surface area contributed by atoms with Gasteiger partial charge in [-0.3, -0.25) is 4.79 Å². The van der Waals surface area contributed by atoms with Crippen molar-refractivity contribution >= 4 is 29.7 Å². The van der Waals surface area contributed by atoms with E-state index >= 15 is 0 Å². The maximum atomic E-state index is 12.2. The number of amides is 1. The Morgan fingerprint density at radius 1 is 0.757 bits per heavy atom. The highest BCUT2D eigenvalue weighted by molar-refractivity contribution is 6.33. The largest absolute Gasteiger partial charge is 0.489 e. The molecule has 4 aromatic rings. The molecule has 0 bridgehead atoms. The van der Waals surface area contributed by atoms with Crippen molar-refractivity contribution in [2.75, 3.05) is 6.61 Å². The van der Waals surface area contributed by atoms with Crippen LogP contribution in [0.2, 0.25) is 5.02 Å². The van der Waals surface area contributed by atoms with Gasteiger partial charge in [0.15, 0.2) is 6.61 Å². The van der Waals surface area contributed by atoms with Crippen LogP contribution in [0.5, 0.6) is 17.2 Å². The average Bonchev–Trinajstić information content (AvgIpc) is 2.93. The number of nitrogens with zero attached hydrogens (tertiary/aromatic N) is 1. The first kappa shape index (κ1) is 25.5. The number of halogens is 1. The molecule has 8 heteroatoms. The second kappa shape index (κ2) is 12.9. The first-order valence-corrected chi connectivity index (χ1v) is 11.7. The van der Waals surface area contributed by atoms with Crippen molar-refractivity contribution in [3.63, 3.8) is 0 Å². The molecule has 0 aromatic heterocycles. The second-order valence-electron chi connectivity index (χ2n) is 7.77. The Morgan fingerprint density at radius 3 is 2.08 bits per heavy atom. The summed E-state index contributed by atoms with van der Waals surface area (Å²) in [5, 5.41) is 4.24. The van der Waals surface area contributed by atoms with E-state index in [4.69, 9.17) is 25.8 Å². The standard InChI is InChI=1S/C29H23ClN2O5/c30-27-9-5-4-8-26(27)29(34)37-25-12-10-21(11-13-25)18-31-32-28(33)20-36-24-16-14-23(15-17-24)35-19-22-6-2-1-3-7-22/h1-18H,19-20H2,(H,32,33)/b31-18-. The smallest absolute Gasteiger partial charge is 0.345 e. The lowest BCUT2D eigenvalue weighted by Crippen LogP contribution is -2.24. The zero-order chi connectivity index (χ0) is 25.9. The third-order valence-corrected chi connectivity index (χ3v) is 5.36. The van der Waals surface area contributed by atoms with Gasteiger partial charge in [-0.15, -0.1) is 0 Å². The number of hydrazone groups is 1. The van der Waals surface area contributed by atoms with Crippen molar-refractivity contribution in [1.82, 2.24) is 5.43 Å². The van der Waals surface area contributed by atoms with Crippen LogP contribution in [0.3, 0.4) is 0 Å². The molecular weight excluding hydrogens is 492 g/mol. The molecule has 0 saturated carbocycles. The van der Waals surface area contributed by atoms with E-state index in [9.17, 15) is 9.59 Å². The number of hydrogen-bond donors (Lipinski definition) is 1. The van der Waals surface area contributed by atoms with Gasteiger partial charge in [0.1, 0.15) is 23.9 Å². The van der Waals surface area contributed by atoms with Crippen molar-refractivity contribution in [2.24, 2.45) is 5.10 Å². The fourth-order valence-electron chi connectivity index (χ4n) is 3.14. The monoisotopic (exact) mass is 514 g/mol. The Labute approximate surface area is 219 Å². The van der Waals surface area contributed by atoms with Crippen molar-refractivity contribution < 1.29 is 23.8 Å². The molecule has 0 atom stereocenters. The number of benzene rings is 4. The molecule has 0 saturated heterocycles. The summed E-state index contributed by atoms with van der Waals surface area (Å²) in [6.07, 6.45) is 1.47. The third kappa shape index (κ3) is 7.95. The molecule has 1 amide bonds. The first-order valence-electron chi connectivity index (χ1n) is 11.3. The highest BCUT2D eigenvalue weighted by atomic mass is 35.5. The zero-order valence-electron chi connectivity index (χ0n) is 19.7. The van der Waals surface area contributed by atoms with Gasteiger partial charge in [-0.05, 0) is 71.8 Å². The molecule has 0 spiro atoms. The minimum atomic E-state index is -0.548. The number of ether oxygens (including phenoxy) is 3. The number of esters is 1. The van der Waals surface area contributed by atoms with Crippen LogP contribution < -0.4 is 19.6 Å². The summed E-state index contributed by atoms with van der Waals surface area (Å²) in [6, 6.07) is 30.2. The van der Waals surface area contributed by atoms with Gasteiger partial charge in [0.2, 0.25) is 0 Å². The van der Waals surface area contributed by atoms with Crippen LogP contribution in [0.15, 0.2) is 108 Å². The van der Waals surface area contributed by atoms with Crippen LogP contribution in [0.25, 0.3) is 0 Å². The zero-order valence-corrected chi connectivity index (χ0v) is 20.4. The molecule has 7 nitrogen and oxygen atoms in total. The van der Waals surface area contributed by atoms with Crippen LogP contribution in [0.4, 0.5) is 0 Å². The molecule has 0 unspecified atom stereocenters. The van der Waals surface area contributed by atoms with E-state index in [1.165, 1.54) is 6.21 Å². The summed E-state index contributed by atoms with van der Waals surface area (Å²) in [4.78, 5) is 24.3. The Hall–Kier alpha value is -4.62. The normalized spacial score (nSPS) is 10.6. The maximum absolute atomic E-state index is 12.2. The molecule has 37 heavy (non-hydrogen) atoms. The summed E-state index contributed by atoms with van der Waals surface area (Å²) in [6.45, 7) is 0.274. The number of carbonyl (C=O) groups is 2. The molecule has 1 N–H and O–H groups in total. The summed E-state index contributed by atoms with van der Waals surface area (Å²) in [7, 11) is 0. The fourth-order valence-corrected chi connectivity index (χ4v) is 3.36. The maximum Gasteiger partial charge on any atom is 0.345 e. The summed E-state index contributed by atoms with van der Waals surface area (Å²) >= 11 is 6.02. The lowest BCUT2D eigenvalue weighted by molar-refractivity contribution is -0.123. The van der Waals surface area contributed by atoms with Gasteiger partial charge in [-0.25, -0.2) is 10.2 Å². The number of carbonyl (C=O) groups excluding carboxylic acids is 2. The second-order valence-corrected chi connectivity index (χ2v) is 8.17. The van der Waals surface area contributed by atoms with Crippen LogP contribution in [0.1, 0.15) is 21.5 Å². The van der Waals surface area contributed by atoms with Gasteiger partial charge >= 0.3 is 5.97 Å². The predicted molar refractivity (Wildman–Crippen MR) is 141 cm³/mol. The Bertz CT molecular complexity index is 1360. The van der Waals surface area contributed by atoms with Gasteiger partial charge in [-0.2, -0.15) is 5.10 Å². The van der Waals surface area contributed by atoms with E-state index in [1.54, 1.807) is 72.8 Å². The molecule has 0 aliphatic rings. The van der Waals surface area contributed by atoms with E-state index in [2.05, 4.69) is 10.5 Å². The van der Waals surface area contributed by atoms with Gasteiger partial charge in [0.25, 0.3) is 5.91 Å². The highest BCUT2D eigenvalue weighted by Gasteiger charge is 2.12. The molecule has 0 heterocycles. The Balaban J connectivity index is 1.18. The minimum absolute atomic E-state index is 0.196. The lowest BCUT2D eigenvalue weighted by Gasteiger charge is -2.08. The summed E-state index contributed by atoms with van der Waals surface area (Å²) in [5.74, 6) is 0.638. The molecule has 4 aromatic carbocycles. The first-order chi connectivity index (χ1) is 18.1. The number of rotatable bonds is 10. The number of nitrogens with one attached hydrogen (secondary N) is 1. The van der Waals surface area contributed by atoms with Crippen molar-refractivity contribution in [3.05, 3.63) is 125 Å². The molecule has 0 fully saturated rings. The number of hydrogen-bond acceptors (Lipinski definition) is 6. The average molecular weight is 515 g/mol. The fraction of sp³-hybridized carbons (Fsp3) is 0.0690. The van der Waals surface area contributed by atoms with E-state index in [1.807, 2.05) is 30.3 Å². The lowest BCUT2D eigenvalue weighted by atomic mass is 10.2. The highest BCUT2D eigenvalue weighted by Crippen LogP contribution is 2.20. The molecular formula is C29H23ClN2O5. The summed E-state index contributed by atoms with van der Waals surface area (Å²) in [5.41, 5.74) is 4.47. The van der Waals surface area contributed by atoms with E-state index < -0.39 is 11.9 Å². The summed E-state index contributed by atoms with van der Waals surface area (Å²) < 4.78 is 16.6. The topological polar surface area (TPSA) is 86.2 Å². The Kier molecular flexibility index (Phi) is 8.88. The molecule has 0 aliphatic heterocycles. The Morgan fingerprint density at radius 2 is 1.38 bits per heavy atom. The SMILES string of the molecule is O=C(COc1ccc(OCc2ccccc2)cc1)N/N=C\c1ccc(OC(=O)c2ccccc2Cl)cc1. The quantitative estimate of drug-likeness (QED) is 0.128. The van der Waals surface area contributed by atoms with Gasteiger partial charge in [0, 0.05) is 0 Å². The predicted octanol–water partition coefficient (Wildman–Crippen LogP) is 5.67. The molecule has 0 radical (unpaired) electrons. The van der Waals surface area contributed by atoms with Crippen molar-refractivity contribution in [1.29, 1.82) is 0 Å². The van der Waals surface area contributed by atoms with Crippen LogP contribution >= 0.6 is 11.6 Å². The van der Waals surface area contributed by atoms with Crippen molar-refractivity contribution in [3.8, 4) is 17.2 Å². The van der Waals surface area contributed by atoms with Gasteiger partial charge < -0.3 is 14.2 Å². The molecule has 0 aliphatic carbocycles. The molecule has 186 valence electrons.